The van der Waals surface area contributed by atoms with Crippen LogP contribution in [0.2, 0.25) is 0 Å². The second-order valence-corrected chi connectivity index (χ2v) is 8.39. The Balaban J connectivity index is 1.88. The van der Waals surface area contributed by atoms with E-state index >= 15 is 0 Å². The van der Waals surface area contributed by atoms with Gasteiger partial charge >= 0.3 is 17.9 Å². The van der Waals surface area contributed by atoms with Crippen molar-refractivity contribution in [2.75, 3.05) is 13.2 Å². The number of unbranched alkanes of at least 4 members (excludes halogenated alkanes) is 4. The van der Waals surface area contributed by atoms with Gasteiger partial charge in [0.2, 0.25) is 0 Å². The number of carboxylic acid groups (broad SMARTS) is 1. The van der Waals surface area contributed by atoms with Gasteiger partial charge in [-0.3, -0.25) is 0 Å². The van der Waals surface area contributed by atoms with Gasteiger partial charge < -0.3 is 19.3 Å². The zero-order valence-corrected chi connectivity index (χ0v) is 21.0. The number of hydrogen-bond acceptors (Lipinski definition) is 6. The Morgan fingerprint density at radius 3 is 2.14 bits per heavy atom. The molecule has 0 amide bonds. The van der Waals surface area contributed by atoms with Gasteiger partial charge in [-0.05, 0) is 61.4 Å². The zero-order valence-electron chi connectivity index (χ0n) is 21.0. The molecule has 0 aliphatic rings. The summed E-state index contributed by atoms with van der Waals surface area (Å²) in [7, 11) is 0. The molecule has 0 unspecified atom stereocenters. The fourth-order valence-corrected chi connectivity index (χ4v) is 3.20. The fraction of sp³-hybridized carbons (Fsp3) is 0.345. The first kappa shape index (κ1) is 28.4. The average Bonchev–Trinajstić information content (AvgIpc) is 2.86. The Bertz CT molecular complexity index is 1050. The van der Waals surface area contributed by atoms with E-state index in [0.29, 0.717) is 29.2 Å². The number of aliphatic carboxylic acids is 1. The molecule has 0 aliphatic carbocycles. The smallest absolute Gasteiger partial charge is 0.343 e. The van der Waals surface area contributed by atoms with Crippen molar-refractivity contribution in [3.63, 3.8) is 0 Å². The van der Waals surface area contributed by atoms with E-state index in [1.54, 1.807) is 48.5 Å². The molecule has 2 aromatic carbocycles. The zero-order chi connectivity index (χ0) is 26.3. The van der Waals surface area contributed by atoms with Crippen LogP contribution in [0.4, 0.5) is 0 Å². The highest BCUT2D eigenvalue weighted by Crippen LogP contribution is 2.19. The summed E-state index contributed by atoms with van der Waals surface area (Å²) in [5.74, 6) is -1.14. The summed E-state index contributed by atoms with van der Waals surface area (Å²) in [4.78, 5) is 35.4. The van der Waals surface area contributed by atoms with Crippen molar-refractivity contribution in [3.8, 4) is 11.5 Å². The molecule has 0 aliphatic heterocycles. The number of carboxylic acids is 1. The third kappa shape index (κ3) is 10.2. The lowest BCUT2D eigenvalue weighted by Gasteiger charge is -2.08. The maximum atomic E-state index is 12.5. The molecule has 0 heterocycles. The highest BCUT2D eigenvalue weighted by atomic mass is 16.5. The first-order valence-electron chi connectivity index (χ1n) is 12.1. The SMILES string of the molecule is C=C(C)C(=O)OCCC(=Cc1ccc(OC(=O)c2ccc(OCCCCCCC)cc2)cc1)C(=O)O. The first-order valence-corrected chi connectivity index (χ1v) is 12.1. The van der Waals surface area contributed by atoms with Crippen LogP contribution in [0.15, 0.2) is 66.3 Å². The predicted octanol–water partition coefficient (Wildman–Crippen LogP) is 6.23. The molecule has 192 valence electrons. The second-order valence-electron chi connectivity index (χ2n) is 8.39. The maximum absolute atomic E-state index is 12.5. The molecule has 0 radical (unpaired) electrons. The summed E-state index contributed by atoms with van der Waals surface area (Å²) in [5, 5.41) is 9.41. The fourth-order valence-electron chi connectivity index (χ4n) is 3.20. The van der Waals surface area contributed by atoms with Crippen molar-refractivity contribution in [1.82, 2.24) is 0 Å². The molecule has 7 heteroatoms. The molecule has 36 heavy (non-hydrogen) atoms. The van der Waals surface area contributed by atoms with Crippen LogP contribution in [0.25, 0.3) is 6.08 Å². The topological polar surface area (TPSA) is 99.1 Å². The van der Waals surface area contributed by atoms with E-state index in [1.807, 2.05) is 0 Å². The number of benzene rings is 2. The number of carbonyl (C=O) groups is 3. The molecular weight excluding hydrogens is 460 g/mol. The van der Waals surface area contributed by atoms with Crippen LogP contribution in [0, 0.1) is 0 Å². The summed E-state index contributed by atoms with van der Waals surface area (Å²) in [6, 6.07) is 13.3. The van der Waals surface area contributed by atoms with Gasteiger partial charge in [0.25, 0.3) is 0 Å². The third-order valence-electron chi connectivity index (χ3n) is 5.27. The van der Waals surface area contributed by atoms with Crippen LogP contribution in [0.1, 0.15) is 68.3 Å². The van der Waals surface area contributed by atoms with E-state index < -0.39 is 17.9 Å². The maximum Gasteiger partial charge on any atom is 0.343 e. The molecule has 1 N–H and O–H groups in total. The van der Waals surface area contributed by atoms with Crippen LogP contribution in [0.3, 0.4) is 0 Å². The summed E-state index contributed by atoms with van der Waals surface area (Å²) in [6.07, 6.45) is 7.35. The average molecular weight is 495 g/mol. The highest BCUT2D eigenvalue weighted by molar-refractivity contribution is 5.93. The van der Waals surface area contributed by atoms with Crippen molar-refractivity contribution in [2.45, 2.75) is 52.4 Å². The predicted molar refractivity (Wildman–Crippen MR) is 138 cm³/mol. The van der Waals surface area contributed by atoms with Crippen molar-refractivity contribution in [2.24, 2.45) is 0 Å². The number of ether oxygens (including phenoxy) is 3. The third-order valence-corrected chi connectivity index (χ3v) is 5.27. The van der Waals surface area contributed by atoms with Gasteiger partial charge in [-0.25, -0.2) is 14.4 Å². The van der Waals surface area contributed by atoms with Crippen LogP contribution in [-0.4, -0.2) is 36.2 Å². The van der Waals surface area contributed by atoms with Gasteiger partial charge in [-0.2, -0.15) is 0 Å². The van der Waals surface area contributed by atoms with Crippen LogP contribution in [0.5, 0.6) is 11.5 Å². The lowest BCUT2D eigenvalue weighted by Crippen LogP contribution is -2.10. The summed E-state index contributed by atoms with van der Waals surface area (Å²) < 4.78 is 16.1. The Morgan fingerprint density at radius 2 is 1.53 bits per heavy atom. The number of carbonyl (C=O) groups excluding carboxylic acids is 2. The summed E-state index contributed by atoms with van der Waals surface area (Å²) in [5.41, 5.74) is 1.33. The van der Waals surface area contributed by atoms with E-state index in [-0.39, 0.29) is 24.2 Å². The normalized spacial score (nSPS) is 11.0. The molecule has 7 nitrogen and oxygen atoms in total. The van der Waals surface area contributed by atoms with Crippen LogP contribution >= 0.6 is 0 Å². The molecular formula is C29H34O7. The molecule has 0 aromatic heterocycles. The van der Waals surface area contributed by atoms with Gasteiger partial charge in [0, 0.05) is 17.6 Å². The molecule has 2 aromatic rings. The molecule has 2 rings (SSSR count). The van der Waals surface area contributed by atoms with Crippen molar-refractivity contribution >= 4 is 24.0 Å². The standard InChI is InChI=1S/C29H34O7/c1-4-5-6-7-8-18-34-25-15-11-23(12-16-25)29(33)36-26-13-9-22(10-14-26)20-24(27(30)31)17-19-35-28(32)21(2)3/h9-16,20H,2,4-8,17-19H2,1,3H3,(H,30,31). The summed E-state index contributed by atoms with van der Waals surface area (Å²) in [6.45, 7) is 7.77. The molecule has 0 saturated heterocycles. The van der Waals surface area contributed by atoms with Gasteiger partial charge in [0.05, 0.1) is 18.8 Å². The van der Waals surface area contributed by atoms with E-state index in [9.17, 15) is 19.5 Å². The number of hydrogen-bond donors (Lipinski definition) is 1. The van der Waals surface area contributed by atoms with Crippen LogP contribution < -0.4 is 9.47 Å². The molecule has 0 spiro atoms. The van der Waals surface area contributed by atoms with Crippen molar-refractivity contribution in [3.05, 3.63) is 77.4 Å². The second kappa shape index (κ2) is 15.2. The van der Waals surface area contributed by atoms with Gasteiger partial charge in [0.15, 0.2) is 0 Å². The van der Waals surface area contributed by atoms with Gasteiger partial charge in [0.1, 0.15) is 11.5 Å². The largest absolute Gasteiger partial charge is 0.494 e. The lowest BCUT2D eigenvalue weighted by atomic mass is 10.1. The molecule has 0 saturated carbocycles. The minimum atomic E-state index is -1.11. The number of esters is 2. The van der Waals surface area contributed by atoms with Gasteiger partial charge in [-0.1, -0.05) is 51.3 Å². The first-order chi connectivity index (χ1) is 17.3. The molecule has 0 fully saturated rings. The van der Waals surface area contributed by atoms with Gasteiger partial charge in [-0.15, -0.1) is 0 Å². The van der Waals surface area contributed by atoms with E-state index in [2.05, 4.69) is 13.5 Å². The van der Waals surface area contributed by atoms with E-state index in [1.165, 1.54) is 32.3 Å². The quantitative estimate of drug-likeness (QED) is 0.136. The molecule has 0 bridgehead atoms. The van der Waals surface area contributed by atoms with E-state index in [4.69, 9.17) is 14.2 Å². The Hall–Kier alpha value is -3.87. The Kier molecular flexibility index (Phi) is 12.0. The minimum Gasteiger partial charge on any atom is -0.494 e. The monoisotopic (exact) mass is 494 g/mol. The lowest BCUT2D eigenvalue weighted by molar-refractivity contribution is -0.139. The minimum absolute atomic E-state index is 0.0453. The highest BCUT2D eigenvalue weighted by Gasteiger charge is 2.11. The van der Waals surface area contributed by atoms with E-state index in [0.717, 1.165) is 12.8 Å². The number of rotatable bonds is 15. The Morgan fingerprint density at radius 1 is 0.889 bits per heavy atom. The Labute approximate surface area is 212 Å². The van der Waals surface area contributed by atoms with Crippen molar-refractivity contribution < 1.29 is 33.7 Å². The molecule has 0 atom stereocenters. The van der Waals surface area contributed by atoms with Crippen LogP contribution in [-0.2, 0) is 14.3 Å². The van der Waals surface area contributed by atoms with Crippen molar-refractivity contribution in [1.29, 1.82) is 0 Å². The summed E-state index contributed by atoms with van der Waals surface area (Å²) >= 11 is 0.